The fourth-order valence-electron chi connectivity index (χ4n) is 4.28. The van der Waals surface area contributed by atoms with E-state index in [9.17, 15) is 19.2 Å². The van der Waals surface area contributed by atoms with Gasteiger partial charge in [-0.3, -0.25) is 14.4 Å². The van der Waals surface area contributed by atoms with Crippen LogP contribution in [0.15, 0.2) is 60.0 Å². The second-order valence-corrected chi connectivity index (χ2v) is 9.79. The molecular weight excluding hydrogens is 520 g/mol. The summed E-state index contributed by atoms with van der Waals surface area (Å²) < 4.78 is 10.9. The molecule has 204 valence electrons. The second kappa shape index (κ2) is 12.6. The first-order chi connectivity index (χ1) is 18.8. The van der Waals surface area contributed by atoms with Gasteiger partial charge >= 0.3 is 6.03 Å². The molecule has 2 heterocycles. The van der Waals surface area contributed by atoms with Crippen molar-refractivity contribution in [2.45, 2.75) is 38.8 Å². The van der Waals surface area contributed by atoms with Crippen molar-refractivity contribution in [3.63, 3.8) is 0 Å². The normalized spacial score (nSPS) is 16.5. The quantitative estimate of drug-likeness (QED) is 0.197. The lowest BCUT2D eigenvalue weighted by molar-refractivity contribution is -0.134. The summed E-state index contributed by atoms with van der Waals surface area (Å²) in [6.07, 6.45) is 0. The molecule has 1 aromatic heterocycles. The number of urea groups is 1. The van der Waals surface area contributed by atoms with Crippen LogP contribution in [0.4, 0.5) is 9.93 Å². The van der Waals surface area contributed by atoms with Crippen molar-refractivity contribution in [2.75, 3.05) is 25.1 Å². The van der Waals surface area contributed by atoms with Crippen LogP contribution in [0.1, 0.15) is 54.3 Å². The molecule has 4 rings (SSSR count). The summed E-state index contributed by atoms with van der Waals surface area (Å²) in [7, 11) is 0. The van der Waals surface area contributed by atoms with Crippen LogP contribution in [-0.4, -0.2) is 59.4 Å². The zero-order valence-corrected chi connectivity index (χ0v) is 22.7. The average Bonchev–Trinajstić information content (AvgIpc) is 3.52. The van der Waals surface area contributed by atoms with Gasteiger partial charge in [0.15, 0.2) is 10.9 Å². The minimum absolute atomic E-state index is 0.207. The minimum atomic E-state index is -1.17. The molecule has 0 saturated carbocycles. The average molecular weight is 551 g/mol. The van der Waals surface area contributed by atoms with Gasteiger partial charge in [-0.1, -0.05) is 49.4 Å². The van der Waals surface area contributed by atoms with Crippen LogP contribution in [-0.2, 0) is 14.3 Å². The summed E-state index contributed by atoms with van der Waals surface area (Å²) in [6, 6.07) is 13.2. The van der Waals surface area contributed by atoms with Crippen LogP contribution >= 0.6 is 11.3 Å². The maximum Gasteiger partial charge on any atom is 0.325 e. The van der Waals surface area contributed by atoms with Gasteiger partial charge in [-0.05, 0) is 30.2 Å². The lowest BCUT2D eigenvalue weighted by Crippen LogP contribution is -2.50. The number of amides is 4. The van der Waals surface area contributed by atoms with E-state index >= 15 is 0 Å². The minimum Gasteiger partial charge on any atom is -0.491 e. The predicted octanol–water partition coefficient (Wildman–Crippen LogP) is 4.16. The maximum absolute atomic E-state index is 13.6. The number of thiazole rings is 1. The first kappa shape index (κ1) is 27.9. The van der Waals surface area contributed by atoms with Gasteiger partial charge in [0.05, 0.1) is 6.61 Å². The number of carbonyl (C=O) groups is 4. The first-order valence-corrected chi connectivity index (χ1v) is 13.4. The molecule has 2 N–H and O–H groups in total. The van der Waals surface area contributed by atoms with Gasteiger partial charge in [-0.15, -0.1) is 11.3 Å². The number of aromatic nitrogens is 1. The SMILES string of the molecule is CCOCCOc1ccc(C2NC(=O)N([C@H](C(=O)Nc3nc(C(C)=O)cs3)[C@@H](C)c3ccccc3)C2=O)cc1. The van der Waals surface area contributed by atoms with Gasteiger partial charge in [0, 0.05) is 24.8 Å². The molecule has 10 nitrogen and oxygen atoms in total. The second-order valence-electron chi connectivity index (χ2n) is 8.93. The van der Waals surface area contributed by atoms with Crippen LogP contribution < -0.4 is 15.4 Å². The Morgan fingerprint density at radius 2 is 1.82 bits per heavy atom. The largest absolute Gasteiger partial charge is 0.491 e. The van der Waals surface area contributed by atoms with Gasteiger partial charge in [0.1, 0.15) is 30.1 Å². The number of hydrogen-bond acceptors (Lipinski definition) is 8. The number of benzene rings is 2. The zero-order valence-electron chi connectivity index (χ0n) is 21.9. The van der Waals surface area contributed by atoms with E-state index in [1.165, 1.54) is 6.92 Å². The van der Waals surface area contributed by atoms with Crippen LogP contribution in [0.25, 0.3) is 0 Å². The summed E-state index contributed by atoms with van der Waals surface area (Å²) in [5, 5.41) is 7.16. The fraction of sp³-hybridized carbons (Fsp3) is 0.321. The third-order valence-electron chi connectivity index (χ3n) is 6.33. The Bertz CT molecular complexity index is 1330. The number of Topliss-reactive ketones (excluding diaryl/α,β-unsaturated/α-hetero) is 1. The molecule has 0 aliphatic carbocycles. The number of carbonyl (C=O) groups excluding carboxylic acids is 4. The number of nitrogens with zero attached hydrogens (tertiary/aromatic N) is 2. The summed E-state index contributed by atoms with van der Waals surface area (Å²) >= 11 is 1.09. The van der Waals surface area contributed by atoms with Crippen LogP contribution in [0.3, 0.4) is 0 Å². The number of imide groups is 1. The molecule has 11 heteroatoms. The highest BCUT2D eigenvalue weighted by molar-refractivity contribution is 7.14. The number of hydrogen-bond donors (Lipinski definition) is 2. The fourth-order valence-corrected chi connectivity index (χ4v) is 5.03. The van der Waals surface area contributed by atoms with Crippen molar-refractivity contribution >= 4 is 40.1 Å². The summed E-state index contributed by atoms with van der Waals surface area (Å²) in [6.45, 7) is 6.53. The third-order valence-corrected chi connectivity index (χ3v) is 7.08. The molecule has 39 heavy (non-hydrogen) atoms. The molecular formula is C28H30N4O6S. The van der Waals surface area contributed by atoms with Crippen LogP contribution in [0, 0.1) is 0 Å². The Morgan fingerprint density at radius 3 is 2.46 bits per heavy atom. The number of ketones is 1. The highest BCUT2D eigenvalue weighted by Crippen LogP contribution is 2.32. The van der Waals surface area contributed by atoms with E-state index in [0.717, 1.165) is 21.8 Å². The van der Waals surface area contributed by atoms with Crippen molar-refractivity contribution in [3.8, 4) is 5.75 Å². The Kier molecular flexibility index (Phi) is 9.05. The van der Waals surface area contributed by atoms with Crippen LogP contribution in [0.5, 0.6) is 5.75 Å². The standard InChI is InChI=1S/C28H30N4O6S/c1-4-37-14-15-38-21-12-10-20(11-13-21)23-26(35)32(28(36)30-23)24(17(2)19-8-6-5-7-9-19)25(34)31-27-29-22(16-39-27)18(3)33/h5-13,16-17,23-24H,4,14-15H2,1-3H3,(H,30,36)(H,29,31,34)/t17-,23?,24-/m0/s1. The molecule has 1 unspecified atom stereocenters. The third kappa shape index (κ3) is 6.50. The molecule has 3 aromatic rings. The van der Waals surface area contributed by atoms with Gasteiger partial charge < -0.3 is 20.1 Å². The van der Waals surface area contributed by atoms with E-state index in [1.54, 1.807) is 36.6 Å². The van der Waals surface area contributed by atoms with Gasteiger partial charge in [0.25, 0.3) is 5.91 Å². The molecule has 1 saturated heterocycles. The molecule has 1 aliphatic heterocycles. The molecule has 4 amide bonds. The van der Waals surface area contributed by atoms with Crippen molar-refractivity contribution in [2.24, 2.45) is 0 Å². The Morgan fingerprint density at radius 1 is 1.10 bits per heavy atom. The van der Waals surface area contributed by atoms with Crippen molar-refractivity contribution in [1.82, 2.24) is 15.2 Å². The van der Waals surface area contributed by atoms with Gasteiger partial charge in [-0.2, -0.15) is 0 Å². The Labute approximate surface area is 230 Å². The Hall–Kier alpha value is -4.09. The summed E-state index contributed by atoms with van der Waals surface area (Å²) in [4.78, 5) is 57.2. The molecule has 0 radical (unpaired) electrons. The van der Waals surface area contributed by atoms with E-state index in [0.29, 0.717) is 31.1 Å². The summed E-state index contributed by atoms with van der Waals surface area (Å²) in [5.74, 6) is -1.29. The van der Waals surface area contributed by atoms with E-state index in [1.807, 2.05) is 37.3 Å². The lowest BCUT2D eigenvalue weighted by atomic mass is 9.91. The topological polar surface area (TPSA) is 127 Å². The Balaban J connectivity index is 1.57. The number of nitrogens with one attached hydrogen (secondary N) is 2. The molecule has 2 aromatic carbocycles. The number of ether oxygens (including phenoxy) is 2. The van der Waals surface area contributed by atoms with Gasteiger partial charge in [0.2, 0.25) is 5.91 Å². The van der Waals surface area contributed by atoms with E-state index in [-0.39, 0.29) is 16.6 Å². The van der Waals surface area contributed by atoms with Gasteiger partial charge in [-0.25, -0.2) is 14.7 Å². The molecule has 0 bridgehead atoms. The monoisotopic (exact) mass is 550 g/mol. The number of anilines is 1. The molecule has 1 aliphatic rings. The predicted molar refractivity (Wildman–Crippen MR) is 146 cm³/mol. The van der Waals surface area contributed by atoms with E-state index in [2.05, 4.69) is 15.6 Å². The molecule has 0 spiro atoms. The zero-order chi connectivity index (χ0) is 27.9. The first-order valence-electron chi connectivity index (χ1n) is 12.6. The maximum atomic E-state index is 13.6. The molecule has 3 atom stereocenters. The number of rotatable bonds is 12. The van der Waals surface area contributed by atoms with Crippen molar-refractivity contribution in [1.29, 1.82) is 0 Å². The highest BCUT2D eigenvalue weighted by Gasteiger charge is 2.47. The van der Waals surface area contributed by atoms with E-state index in [4.69, 9.17) is 9.47 Å². The van der Waals surface area contributed by atoms with Crippen molar-refractivity contribution in [3.05, 3.63) is 76.8 Å². The molecule has 1 fully saturated rings. The highest BCUT2D eigenvalue weighted by atomic mass is 32.1. The smallest absolute Gasteiger partial charge is 0.325 e. The van der Waals surface area contributed by atoms with Crippen LogP contribution in [0.2, 0.25) is 0 Å². The lowest BCUT2D eigenvalue weighted by Gasteiger charge is -2.29. The van der Waals surface area contributed by atoms with E-state index < -0.39 is 35.8 Å². The van der Waals surface area contributed by atoms with Crippen molar-refractivity contribution < 1.29 is 28.7 Å². The summed E-state index contributed by atoms with van der Waals surface area (Å²) in [5.41, 5.74) is 1.56.